The summed E-state index contributed by atoms with van der Waals surface area (Å²) in [5.74, 6) is -0.641. The monoisotopic (exact) mass is 380 g/mol. The molecule has 144 valence electrons. The number of hydrogen-bond acceptors (Lipinski definition) is 6. The number of ether oxygens (including phenoxy) is 2. The Morgan fingerprint density at radius 2 is 1.86 bits per heavy atom. The van der Waals surface area contributed by atoms with Gasteiger partial charge in [-0.3, -0.25) is 4.79 Å². The van der Waals surface area contributed by atoms with E-state index in [-0.39, 0.29) is 11.7 Å². The van der Waals surface area contributed by atoms with Crippen molar-refractivity contribution < 1.29 is 23.5 Å². The molecule has 28 heavy (non-hydrogen) atoms. The number of morpholine rings is 1. The van der Waals surface area contributed by atoms with Crippen LogP contribution in [0.15, 0.2) is 52.9 Å². The number of furan rings is 1. The minimum atomic E-state index is -0.465. The summed E-state index contributed by atoms with van der Waals surface area (Å²) in [5.41, 5.74) is 2.35. The summed E-state index contributed by atoms with van der Waals surface area (Å²) in [6, 6.07) is 14.2. The maximum Gasteiger partial charge on any atom is 0.337 e. The van der Waals surface area contributed by atoms with E-state index in [0.717, 1.165) is 11.1 Å². The molecule has 4 rings (SSSR count). The Hall–Kier alpha value is -3.32. The maximum absolute atomic E-state index is 12.8. The number of hydrogen-bond donors (Lipinski definition) is 1. The predicted octanol–water partition coefficient (Wildman–Crippen LogP) is 3.31. The van der Waals surface area contributed by atoms with E-state index in [1.54, 1.807) is 18.2 Å². The molecule has 1 N–H and O–H groups in total. The van der Waals surface area contributed by atoms with Gasteiger partial charge in [0.25, 0.3) is 5.91 Å². The molecular weight excluding hydrogens is 360 g/mol. The third kappa shape index (κ3) is 3.57. The molecule has 1 fully saturated rings. The van der Waals surface area contributed by atoms with Crippen LogP contribution in [-0.4, -0.2) is 45.3 Å². The van der Waals surface area contributed by atoms with Gasteiger partial charge in [-0.05, 0) is 30.3 Å². The lowest BCUT2D eigenvalue weighted by atomic mass is 10.1. The SMILES string of the molecule is COC(=O)c1ccc(N2CCOCC2)c(NC(=O)c2cc3ccccc3o2)c1. The fourth-order valence-corrected chi connectivity index (χ4v) is 3.24. The van der Waals surface area contributed by atoms with Crippen LogP contribution in [0.1, 0.15) is 20.9 Å². The van der Waals surface area contributed by atoms with Gasteiger partial charge in [0.15, 0.2) is 5.76 Å². The van der Waals surface area contributed by atoms with Gasteiger partial charge in [0.05, 0.1) is 37.3 Å². The smallest absolute Gasteiger partial charge is 0.337 e. The van der Waals surface area contributed by atoms with Crippen molar-refractivity contribution in [3.63, 3.8) is 0 Å². The van der Waals surface area contributed by atoms with Crippen LogP contribution in [0, 0.1) is 0 Å². The van der Waals surface area contributed by atoms with E-state index in [1.807, 2.05) is 30.3 Å². The summed E-state index contributed by atoms with van der Waals surface area (Å²) >= 11 is 0. The van der Waals surface area contributed by atoms with Crippen molar-refractivity contribution in [2.45, 2.75) is 0 Å². The first-order chi connectivity index (χ1) is 13.7. The van der Waals surface area contributed by atoms with E-state index in [4.69, 9.17) is 13.9 Å². The van der Waals surface area contributed by atoms with Gasteiger partial charge in [0.2, 0.25) is 0 Å². The number of rotatable bonds is 4. The number of benzene rings is 2. The molecule has 7 nitrogen and oxygen atoms in total. The molecule has 2 heterocycles. The van der Waals surface area contributed by atoms with Crippen LogP contribution in [0.2, 0.25) is 0 Å². The minimum Gasteiger partial charge on any atom is -0.465 e. The molecule has 1 aliphatic heterocycles. The number of carbonyl (C=O) groups excluding carboxylic acids is 2. The number of para-hydroxylation sites is 1. The topological polar surface area (TPSA) is 81.0 Å². The van der Waals surface area contributed by atoms with Crippen LogP contribution in [0.3, 0.4) is 0 Å². The van der Waals surface area contributed by atoms with Gasteiger partial charge < -0.3 is 24.1 Å². The number of nitrogens with zero attached hydrogens (tertiary/aromatic N) is 1. The lowest BCUT2D eigenvalue weighted by Crippen LogP contribution is -2.36. The number of esters is 1. The number of anilines is 2. The largest absolute Gasteiger partial charge is 0.465 e. The molecule has 0 bridgehead atoms. The van der Waals surface area contributed by atoms with Gasteiger partial charge in [-0.1, -0.05) is 18.2 Å². The fraction of sp³-hybridized carbons (Fsp3) is 0.238. The lowest BCUT2D eigenvalue weighted by molar-refractivity contribution is 0.0600. The average molecular weight is 380 g/mol. The Labute approximate surface area is 161 Å². The van der Waals surface area contributed by atoms with Crippen molar-refractivity contribution in [3.8, 4) is 0 Å². The Morgan fingerprint density at radius 3 is 2.61 bits per heavy atom. The molecular formula is C21H20N2O5. The zero-order valence-corrected chi connectivity index (χ0v) is 15.4. The molecule has 0 spiro atoms. The van der Waals surface area contributed by atoms with Crippen molar-refractivity contribution in [3.05, 3.63) is 59.9 Å². The third-order valence-electron chi connectivity index (χ3n) is 4.67. The molecule has 3 aromatic rings. The van der Waals surface area contributed by atoms with Crippen LogP contribution in [0.4, 0.5) is 11.4 Å². The van der Waals surface area contributed by atoms with E-state index < -0.39 is 5.97 Å². The zero-order valence-electron chi connectivity index (χ0n) is 15.4. The fourth-order valence-electron chi connectivity index (χ4n) is 3.24. The quantitative estimate of drug-likeness (QED) is 0.700. The van der Waals surface area contributed by atoms with Gasteiger partial charge in [-0.2, -0.15) is 0 Å². The summed E-state index contributed by atoms with van der Waals surface area (Å²) in [4.78, 5) is 26.9. The molecule has 1 aliphatic rings. The second-order valence-corrected chi connectivity index (χ2v) is 6.43. The van der Waals surface area contributed by atoms with Crippen LogP contribution in [0.25, 0.3) is 11.0 Å². The summed E-state index contributed by atoms with van der Waals surface area (Å²) in [7, 11) is 1.32. The molecule has 0 unspecified atom stereocenters. The van der Waals surface area contributed by atoms with Crippen LogP contribution in [-0.2, 0) is 9.47 Å². The molecule has 0 saturated carbocycles. The van der Waals surface area contributed by atoms with Crippen molar-refractivity contribution in [1.82, 2.24) is 0 Å². The molecule has 0 atom stereocenters. The van der Waals surface area contributed by atoms with E-state index in [2.05, 4.69) is 10.2 Å². The first-order valence-electron chi connectivity index (χ1n) is 9.01. The van der Waals surface area contributed by atoms with Crippen LogP contribution >= 0.6 is 0 Å². The third-order valence-corrected chi connectivity index (χ3v) is 4.67. The second kappa shape index (κ2) is 7.74. The van der Waals surface area contributed by atoms with E-state index in [0.29, 0.717) is 43.1 Å². The Bertz CT molecular complexity index is 988. The van der Waals surface area contributed by atoms with Crippen molar-refractivity contribution in [1.29, 1.82) is 0 Å². The highest BCUT2D eigenvalue weighted by atomic mass is 16.5. The normalized spacial score (nSPS) is 14.1. The standard InChI is InChI=1S/C21H20N2O5/c1-26-21(25)15-6-7-17(23-8-10-27-11-9-23)16(12-15)22-20(24)19-13-14-4-2-3-5-18(14)28-19/h2-7,12-13H,8-11H2,1H3,(H,22,24). The zero-order chi connectivity index (χ0) is 19.5. The summed E-state index contributed by atoms with van der Waals surface area (Å²) in [6.45, 7) is 2.61. The van der Waals surface area contributed by atoms with Gasteiger partial charge in [0, 0.05) is 18.5 Å². The van der Waals surface area contributed by atoms with Gasteiger partial charge >= 0.3 is 5.97 Å². The lowest BCUT2D eigenvalue weighted by Gasteiger charge is -2.30. The van der Waals surface area contributed by atoms with Gasteiger partial charge in [-0.15, -0.1) is 0 Å². The highest BCUT2D eigenvalue weighted by Crippen LogP contribution is 2.29. The number of methoxy groups -OCH3 is 1. The minimum absolute atomic E-state index is 0.206. The van der Waals surface area contributed by atoms with E-state index in [1.165, 1.54) is 7.11 Å². The number of amides is 1. The van der Waals surface area contributed by atoms with Crippen molar-refractivity contribution in [2.24, 2.45) is 0 Å². The highest BCUT2D eigenvalue weighted by molar-refractivity contribution is 6.07. The Morgan fingerprint density at radius 1 is 1.07 bits per heavy atom. The Kier molecular flexibility index (Phi) is 4.99. The molecule has 1 saturated heterocycles. The van der Waals surface area contributed by atoms with E-state index in [9.17, 15) is 9.59 Å². The molecule has 7 heteroatoms. The van der Waals surface area contributed by atoms with Gasteiger partial charge in [-0.25, -0.2) is 4.79 Å². The van der Waals surface area contributed by atoms with Crippen molar-refractivity contribution >= 4 is 34.2 Å². The molecule has 0 aliphatic carbocycles. The molecule has 2 aromatic carbocycles. The number of fused-ring (bicyclic) bond motifs is 1. The summed E-state index contributed by atoms with van der Waals surface area (Å²) in [5, 5.41) is 3.73. The van der Waals surface area contributed by atoms with Crippen molar-refractivity contribution in [2.75, 3.05) is 43.6 Å². The molecule has 1 amide bonds. The van der Waals surface area contributed by atoms with Gasteiger partial charge in [0.1, 0.15) is 5.58 Å². The molecule has 1 aromatic heterocycles. The Balaban J connectivity index is 1.66. The summed E-state index contributed by atoms with van der Waals surface area (Å²) < 4.78 is 15.9. The number of nitrogens with one attached hydrogen (secondary N) is 1. The first-order valence-corrected chi connectivity index (χ1v) is 9.01. The predicted molar refractivity (Wildman–Crippen MR) is 105 cm³/mol. The van der Waals surface area contributed by atoms with E-state index >= 15 is 0 Å². The second-order valence-electron chi connectivity index (χ2n) is 6.43. The average Bonchev–Trinajstić information content (AvgIpc) is 3.18. The number of carbonyl (C=O) groups is 2. The highest BCUT2D eigenvalue weighted by Gasteiger charge is 2.20. The molecule has 0 radical (unpaired) electrons. The summed E-state index contributed by atoms with van der Waals surface area (Å²) in [6.07, 6.45) is 0. The maximum atomic E-state index is 12.8. The van der Waals surface area contributed by atoms with Crippen LogP contribution < -0.4 is 10.2 Å². The van der Waals surface area contributed by atoms with Crippen LogP contribution in [0.5, 0.6) is 0 Å². The first kappa shape index (κ1) is 18.1.